The zero-order valence-electron chi connectivity index (χ0n) is 16.7. The lowest BCUT2D eigenvalue weighted by Gasteiger charge is -2.31. The zero-order valence-corrected chi connectivity index (χ0v) is 16.7. The molecule has 156 valence electrons. The minimum atomic E-state index is -0.299. The maximum atomic E-state index is 13.0. The molecule has 2 aliphatic heterocycles. The molecule has 2 atom stereocenters. The quantitative estimate of drug-likeness (QED) is 0.617. The van der Waals surface area contributed by atoms with Gasteiger partial charge in [-0.2, -0.15) is 0 Å². The SMILES string of the molecule is CC(C(=O)Nc1ccc2[nH]c(=O)[nH]c2c1)N1CCCC1c1ccc2c(c1)OCCO2. The van der Waals surface area contributed by atoms with Crippen LogP contribution in [0.4, 0.5) is 5.69 Å². The minimum Gasteiger partial charge on any atom is -0.486 e. The van der Waals surface area contributed by atoms with Crippen LogP contribution in [0, 0.1) is 0 Å². The van der Waals surface area contributed by atoms with Gasteiger partial charge in [-0.05, 0) is 62.2 Å². The first-order valence-corrected chi connectivity index (χ1v) is 10.3. The Labute approximate surface area is 173 Å². The molecule has 5 rings (SSSR count). The van der Waals surface area contributed by atoms with E-state index in [1.54, 1.807) is 18.2 Å². The predicted octanol–water partition coefficient (Wildman–Crippen LogP) is 2.79. The maximum Gasteiger partial charge on any atom is 0.323 e. The summed E-state index contributed by atoms with van der Waals surface area (Å²) in [6, 6.07) is 11.3. The molecular formula is C22H24N4O4. The Morgan fingerprint density at radius 2 is 1.90 bits per heavy atom. The molecular weight excluding hydrogens is 384 g/mol. The first-order valence-electron chi connectivity index (χ1n) is 10.3. The summed E-state index contributed by atoms with van der Waals surface area (Å²) in [7, 11) is 0. The number of aromatic amines is 2. The Balaban J connectivity index is 1.33. The van der Waals surface area contributed by atoms with Crippen molar-refractivity contribution in [2.45, 2.75) is 31.8 Å². The van der Waals surface area contributed by atoms with Crippen molar-refractivity contribution >= 4 is 22.6 Å². The fourth-order valence-electron chi connectivity index (χ4n) is 4.39. The number of benzene rings is 2. The number of hydrogen-bond donors (Lipinski definition) is 3. The molecule has 8 heteroatoms. The molecule has 8 nitrogen and oxygen atoms in total. The van der Waals surface area contributed by atoms with Gasteiger partial charge in [0.25, 0.3) is 0 Å². The Bertz CT molecular complexity index is 1150. The topological polar surface area (TPSA) is 99.5 Å². The number of aromatic nitrogens is 2. The molecule has 0 bridgehead atoms. The average Bonchev–Trinajstić information content (AvgIpc) is 3.38. The molecule has 0 aliphatic carbocycles. The number of amides is 1. The van der Waals surface area contributed by atoms with Crippen LogP contribution in [0.3, 0.4) is 0 Å². The highest BCUT2D eigenvalue weighted by Crippen LogP contribution is 2.39. The smallest absolute Gasteiger partial charge is 0.323 e. The number of nitrogens with one attached hydrogen (secondary N) is 3. The van der Waals surface area contributed by atoms with Crippen LogP contribution >= 0.6 is 0 Å². The third-order valence-electron chi connectivity index (χ3n) is 5.91. The number of H-pyrrole nitrogens is 2. The second-order valence-electron chi connectivity index (χ2n) is 7.80. The van der Waals surface area contributed by atoms with Gasteiger partial charge in [-0.15, -0.1) is 0 Å². The number of likely N-dealkylation sites (tertiary alicyclic amines) is 1. The largest absolute Gasteiger partial charge is 0.486 e. The molecule has 1 saturated heterocycles. The van der Waals surface area contributed by atoms with Crippen molar-refractivity contribution < 1.29 is 14.3 Å². The van der Waals surface area contributed by atoms with Gasteiger partial charge in [-0.1, -0.05) is 6.07 Å². The van der Waals surface area contributed by atoms with Gasteiger partial charge >= 0.3 is 5.69 Å². The Morgan fingerprint density at radius 1 is 1.10 bits per heavy atom. The summed E-state index contributed by atoms with van der Waals surface area (Å²) in [5.74, 6) is 1.48. The lowest BCUT2D eigenvalue weighted by atomic mass is 10.0. The van der Waals surface area contributed by atoms with E-state index in [-0.39, 0.29) is 23.7 Å². The van der Waals surface area contributed by atoms with Crippen LogP contribution in [0.2, 0.25) is 0 Å². The van der Waals surface area contributed by atoms with Gasteiger partial charge in [-0.3, -0.25) is 9.69 Å². The van der Waals surface area contributed by atoms with Crippen molar-refractivity contribution in [3.05, 3.63) is 52.4 Å². The fraction of sp³-hybridized carbons (Fsp3) is 0.364. The highest BCUT2D eigenvalue weighted by molar-refractivity contribution is 5.96. The average molecular weight is 408 g/mol. The monoisotopic (exact) mass is 408 g/mol. The molecule has 2 unspecified atom stereocenters. The standard InChI is InChI=1S/C22H24N4O4/c1-13(21(27)23-15-5-6-16-17(12-15)25-22(28)24-16)26-8-2-3-18(26)14-4-7-19-20(11-14)30-10-9-29-19/h4-7,11-13,18H,2-3,8-10H2,1H3,(H,23,27)(H2,24,25,28). The van der Waals surface area contributed by atoms with E-state index in [4.69, 9.17) is 9.47 Å². The van der Waals surface area contributed by atoms with E-state index in [9.17, 15) is 9.59 Å². The number of carbonyl (C=O) groups excluding carboxylic acids is 1. The van der Waals surface area contributed by atoms with Crippen LogP contribution in [0.1, 0.15) is 31.4 Å². The van der Waals surface area contributed by atoms with E-state index in [2.05, 4.69) is 26.3 Å². The second-order valence-corrected chi connectivity index (χ2v) is 7.80. The lowest BCUT2D eigenvalue weighted by Crippen LogP contribution is -2.41. The highest BCUT2D eigenvalue weighted by atomic mass is 16.6. The number of fused-ring (bicyclic) bond motifs is 2. The summed E-state index contributed by atoms with van der Waals surface area (Å²) < 4.78 is 11.4. The van der Waals surface area contributed by atoms with E-state index in [1.165, 1.54) is 0 Å². The van der Waals surface area contributed by atoms with E-state index in [0.717, 1.165) is 36.4 Å². The molecule has 3 N–H and O–H groups in total. The van der Waals surface area contributed by atoms with Crippen LogP contribution in [0.5, 0.6) is 11.5 Å². The highest BCUT2D eigenvalue weighted by Gasteiger charge is 2.33. The van der Waals surface area contributed by atoms with Crippen molar-refractivity contribution in [1.82, 2.24) is 14.9 Å². The molecule has 2 aromatic carbocycles. The van der Waals surface area contributed by atoms with E-state index >= 15 is 0 Å². The molecule has 3 heterocycles. The minimum absolute atomic E-state index is 0.0725. The van der Waals surface area contributed by atoms with Crippen LogP contribution in [-0.2, 0) is 4.79 Å². The normalized spacial score (nSPS) is 19.7. The van der Waals surface area contributed by atoms with Crippen LogP contribution in [-0.4, -0.2) is 46.6 Å². The second kappa shape index (κ2) is 7.53. The van der Waals surface area contributed by atoms with Gasteiger partial charge in [-0.25, -0.2) is 4.79 Å². The molecule has 1 aromatic heterocycles. The number of anilines is 1. The summed E-state index contributed by atoms with van der Waals surface area (Å²) >= 11 is 0. The van der Waals surface area contributed by atoms with E-state index in [0.29, 0.717) is 29.9 Å². The summed E-state index contributed by atoms with van der Waals surface area (Å²) in [5, 5.41) is 2.98. The van der Waals surface area contributed by atoms with E-state index in [1.807, 2.05) is 19.1 Å². The number of carbonyl (C=O) groups is 1. The van der Waals surface area contributed by atoms with Crippen LogP contribution in [0.25, 0.3) is 11.0 Å². The van der Waals surface area contributed by atoms with Gasteiger partial charge in [0.15, 0.2) is 11.5 Å². The van der Waals surface area contributed by atoms with Gasteiger partial charge in [0.05, 0.1) is 17.1 Å². The first kappa shape index (κ1) is 18.7. The summed E-state index contributed by atoms with van der Waals surface area (Å²) in [5.41, 5.74) is 2.92. The van der Waals surface area contributed by atoms with E-state index < -0.39 is 0 Å². The number of imidazole rings is 1. The molecule has 3 aromatic rings. The molecule has 0 spiro atoms. The van der Waals surface area contributed by atoms with Crippen molar-refractivity contribution in [3.63, 3.8) is 0 Å². The van der Waals surface area contributed by atoms with Crippen molar-refractivity contribution in [2.75, 3.05) is 25.1 Å². The van der Waals surface area contributed by atoms with Crippen LogP contribution in [0.15, 0.2) is 41.2 Å². The summed E-state index contributed by atoms with van der Waals surface area (Å²) in [6.45, 7) is 3.92. The summed E-state index contributed by atoms with van der Waals surface area (Å²) in [4.78, 5) is 32.1. The fourth-order valence-corrected chi connectivity index (χ4v) is 4.39. The molecule has 30 heavy (non-hydrogen) atoms. The molecule has 1 fully saturated rings. The van der Waals surface area contributed by atoms with Gasteiger partial charge < -0.3 is 24.8 Å². The molecule has 0 saturated carbocycles. The third-order valence-corrected chi connectivity index (χ3v) is 5.91. The maximum absolute atomic E-state index is 13.0. The van der Waals surface area contributed by atoms with Crippen LogP contribution < -0.4 is 20.5 Å². The predicted molar refractivity (Wildman–Crippen MR) is 113 cm³/mol. The number of rotatable bonds is 4. The number of hydrogen-bond acceptors (Lipinski definition) is 5. The third kappa shape index (κ3) is 3.43. The van der Waals surface area contributed by atoms with Gasteiger partial charge in [0, 0.05) is 11.7 Å². The Morgan fingerprint density at radius 3 is 2.77 bits per heavy atom. The molecule has 1 amide bonds. The first-order chi connectivity index (χ1) is 14.6. The summed E-state index contributed by atoms with van der Waals surface area (Å²) in [6.07, 6.45) is 2.03. The van der Waals surface area contributed by atoms with Gasteiger partial charge in [0.1, 0.15) is 13.2 Å². The Kier molecular flexibility index (Phi) is 4.71. The Hall–Kier alpha value is -3.26. The van der Waals surface area contributed by atoms with Crippen molar-refractivity contribution in [2.24, 2.45) is 0 Å². The lowest BCUT2D eigenvalue weighted by molar-refractivity contribution is -0.121. The van der Waals surface area contributed by atoms with Crippen molar-refractivity contribution in [1.29, 1.82) is 0 Å². The number of nitrogens with zero attached hydrogens (tertiary/aromatic N) is 1. The van der Waals surface area contributed by atoms with Crippen molar-refractivity contribution in [3.8, 4) is 11.5 Å². The van der Waals surface area contributed by atoms with Gasteiger partial charge in [0.2, 0.25) is 5.91 Å². The zero-order chi connectivity index (χ0) is 20.7. The molecule has 0 radical (unpaired) electrons. The number of ether oxygens (including phenoxy) is 2. The molecule has 2 aliphatic rings.